The van der Waals surface area contributed by atoms with Gasteiger partial charge in [-0.1, -0.05) is 60.7 Å². The number of ketones is 1. The number of amides is 1. The minimum Gasteiger partial charge on any atom is -0.507 e. The van der Waals surface area contributed by atoms with Gasteiger partial charge in [0.05, 0.1) is 11.6 Å². The highest BCUT2D eigenvalue weighted by molar-refractivity contribution is 6.46. The van der Waals surface area contributed by atoms with Gasteiger partial charge < -0.3 is 19.5 Å². The van der Waals surface area contributed by atoms with Crippen LogP contribution >= 0.6 is 0 Å². The molecule has 1 N–H and O–H groups in total. The first-order valence-corrected chi connectivity index (χ1v) is 10.4. The fourth-order valence-corrected chi connectivity index (χ4v) is 4.15. The van der Waals surface area contributed by atoms with Crippen LogP contribution in [-0.4, -0.2) is 34.9 Å². The molecule has 0 saturated carbocycles. The number of nitrogens with zero attached hydrogens (tertiary/aromatic N) is 1. The Bertz CT molecular complexity index is 1200. The Labute approximate surface area is 185 Å². The van der Waals surface area contributed by atoms with Crippen molar-refractivity contribution >= 4 is 17.4 Å². The number of carbonyl (C=O) groups excluding carboxylic acids is 2. The average Bonchev–Trinajstić information content (AvgIpc) is 3.09. The Kier molecular flexibility index (Phi) is 5.11. The number of ether oxygens (including phenoxy) is 2. The first kappa shape index (κ1) is 19.9. The quantitative estimate of drug-likeness (QED) is 0.386. The van der Waals surface area contributed by atoms with E-state index in [4.69, 9.17) is 9.47 Å². The van der Waals surface area contributed by atoms with E-state index in [1.807, 2.05) is 60.7 Å². The smallest absolute Gasteiger partial charge is 0.295 e. The fraction of sp³-hybridized carbons (Fsp3) is 0.154. The molecule has 2 heterocycles. The third-order valence-corrected chi connectivity index (χ3v) is 5.67. The second-order valence-electron chi connectivity index (χ2n) is 7.68. The van der Waals surface area contributed by atoms with Gasteiger partial charge >= 0.3 is 0 Å². The van der Waals surface area contributed by atoms with Crippen LogP contribution in [-0.2, 0) is 16.1 Å². The third kappa shape index (κ3) is 3.50. The average molecular weight is 427 g/mol. The molecular formula is C26H21NO5. The molecule has 2 aliphatic rings. The largest absolute Gasteiger partial charge is 0.507 e. The van der Waals surface area contributed by atoms with Crippen LogP contribution in [0.5, 0.6) is 11.5 Å². The molecule has 2 aliphatic heterocycles. The van der Waals surface area contributed by atoms with Crippen molar-refractivity contribution in [2.75, 3.05) is 13.2 Å². The van der Waals surface area contributed by atoms with Gasteiger partial charge in [0.25, 0.3) is 11.7 Å². The van der Waals surface area contributed by atoms with Crippen molar-refractivity contribution in [1.29, 1.82) is 0 Å². The number of hydrogen-bond acceptors (Lipinski definition) is 5. The lowest BCUT2D eigenvalue weighted by atomic mass is 9.95. The molecule has 0 unspecified atom stereocenters. The number of hydrogen-bond donors (Lipinski definition) is 1. The number of Topliss-reactive ketones (excluding diaryl/α,β-unsaturated/α-hetero) is 1. The van der Waals surface area contributed by atoms with Crippen LogP contribution in [0.2, 0.25) is 0 Å². The second-order valence-corrected chi connectivity index (χ2v) is 7.68. The normalized spacial score (nSPS) is 19.2. The number of likely N-dealkylation sites (tertiary alicyclic amines) is 1. The van der Waals surface area contributed by atoms with E-state index < -0.39 is 17.7 Å². The predicted octanol–water partition coefficient (Wildman–Crippen LogP) is 4.08. The summed E-state index contributed by atoms with van der Waals surface area (Å²) in [6.45, 7) is 1.11. The zero-order chi connectivity index (χ0) is 22.1. The number of fused-ring (bicyclic) bond motifs is 1. The molecule has 1 amide bonds. The summed E-state index contributed by atoms with van der Waals surface area (Å²) in [6.07, 6.45) is 0. The van der Waals surface area contributed by atoms with Crippen LogP contribution in [0, 0.1) is 0 Å². The lowest BCUT2D eigenvalue weighted by molar-refractivity contribution is -0.140. The summed E-state index contributed by atoms with van der Waals surface area (Å²) in [6, 6.07) is 23.0. The van der Waals surface area contributed by atoms with E-state index in [1.54, 1.807) is 18.2 Å². The molecule has 1 saturated heterocycles. The van der Waals surface area contributed by atoms with Crippen LogP contribution < -0.4 is 9.47 Å². The van der Waals surface area contributed by atoms with E-state index in [9.17, 15) is 14.7 Å². The Morgan fingerprint density at radius 2 is 1.53 bits per heavy atom. The molecule has 3 aromatic rings. The number of carbonyl (C=O) groups is 2. The minimum absolute atomic E-state index is 0.0637. The molecule has 1 atom stereocenters. The molecule has 3 aromatic carbocycles. The Balaban J connectivity index is 1.62. The first-order chi connectivity index (χ1) is 15.6. The topological polar surface area (TPSA) is 76.1 Å². The number of rotatable bonds is 4. The van der Waals surface area contributed by atoms with E-state index in [1.165, 1.54) is 4.90 Å². The molecule has 0 aromatic heterocycles. The first-order valence-electron chi connectivity index (χ1n) is 10.4. The lowest BCUT2D eigenvalue weighted by Gasteiger charge is -2.25. The van der Waals surface area contributed by atoms with Gasteiger partial charge in [-0.2, -0.15) is 0 Å². The summed E-state index contributed by atoms with van der Waals surface area (Å²) in [7, 11) is 0. The molecule has 5 rings (SSSR count). The molecule has 1 fully saturated rings. The summed E-state index contributed by atoms with van der Waals surface area (Å²) >= 11 is 0. The maximum absolute atomic E-state index is 13.1. The zero-order valence-corrected chi connectivity index (χ0v) is 17.2. The fourth-order valence-electron chi connectivity index (χ4n) is 4.15. The van der Waals surface area contributed by atoms with E-state index >= 15 is 0 Å². The van der Waals surface area contributed by atoms with Crippen molar-refractivity contribution in [2.45, 2.75) is 12.6 Å². The third-order valence-electron chi connectivity index (χ3n) is 5.67. The van der Waals surface area contributed by atoms with Gasteiger partial charge in [0.15, 0.2) is 11.5 Å². The number of aliphatic hydroxyl groups excluding tert-OH is 1. The summed E-state index contributed by atoms with van der Waals surface area (Å²) < 4.78 is 11.2. The Hall–Kier alpha value is -4.06. The Morgan fingerprint density at radius 3 is 2.25 bits per heavy atom. The molecule has 0 bridgehead atoms. The standard InChI is InChI=1S/C26H21NO5/c28-24(19-11-12-20-21(15-19)32-14-13-31-20)22-23(18-9-5-2-6-10-18)27(26(30)25(22)29)16-17-7-3-1-4-8-17/h1-12,15,23,28H,13-14,16H2/b24-22+/t23-/m1/s1. The van der Waals surface area contributed by atoms with Crippen molar-refractivity contribution < 1.29 is 24.2 Å². The SMILES string of the molecule is O=C1C(=O)N(Cc2ccccc2)[C@H](c2ccccc2)/C1=C(\O)c1ccc2c(c1)OCCO2. The van der Waals surface area contributed by atoms with E-state index in [0.29, 0.717) is 30.3 Å². The summed E-state index contributed by atoms with van der Waals surface area (Å²) in [5, 5.41) is 11.2. The van der Waals surface area contributed by atoms with Gasteiger partial charge in [-0.25, -0.2) is 0 Å². The van der Waals surface area contributed by atoms with Crippen LogP contribution in [0.25, 0.3) is 5.76 Å². The number of aliphatic hydroxyl groups is 1. The van der Waals surface area contributed by atoms with Crippen molar-refractivity contribution in [2.24, 2.45) is 0 Å². The molecule has 6 heteroatoms. The zero-order valence-electron chi connectivity index (χ0n) is 17.2. The molecule has 0 spiro atoms. The van der Waals surface area contributed by atoms with E-state index in [-0.39, 0.29) is 17.9 Å². The molecule has 0 radical (unpaired) electrons. The van der Waals surface area contributed by atoms with Crippen molar-refractivity contribution in [3.05, 3.63) is 101 Å². The van der Waals surface area contributed by atoms with Crippen LogP contribution in [0.1, 0.15) is 22.7 Å². The van der Waals surface area contributed by atoms with Gasteiger partial charge in [0.2, 0.25) is 0 Å². The van der Waals surface area contributed by atoms with Gasteiger partial charge in [0, 0.05) is 12.1 Å². The van der Waals surface area contributed by atoms with Crippen molar-refractivity contribution in [1.82, 2.24) is 4.90 Å². The number of benzene rings is 3. The highest BCUT2D eigenvalue weighted by Gasteiger charge is 2.46. The van der Waals surface area contributed by atoms with Gasteiger partial charge in [0.1, 0.15) is 19.0 Å². The molecule has 6 nitrogen and oxygen atoms in total. The van der Waals surface area contributed by atoms with Gasteiger partial charge in [-0.3, -0.25) is 9.59 Å². The van der Waals surface area contributed by atoms with Crippen LogP contribution in [0.3, 0.4) is 0 Å². The summed E-state index contributed by atoms with van der Waals surface area (Å²) in [5.41, 5.74) is 2.11. The summed E-state index contributed by atoms with van der Waals surface area (Å²) in [5.74, 6) is -0.499. The molecule has 0 aliphatic carbocycles. The van der Waals surface area contributed by atoms with E-state index in [2.05, 4.69) is 0 Å². The summed E-state index contributed by atoms with van der Waals surface area (Å²) in [4.78, 5) is 27.7. The maximum atomic E-state index is 13.1. The molecular weight excluding hydrogens is 406 g/mol. The van der Waals surface area contributed by atoms with Crippen LogP contribution in [0.15, 0.2) is 84.4 Å². The lowest BCUT2D eigenvalue weighted by Crippen LogP contribution is -2.29. The predicted molar refractivity (Wildman–Crippen MR) is 118 cm³/mol. The highest BCUT2D eigenvalue weighted by Crippen LogP contribution is 2.41. The molecule has 32 heavy (non-hydrogen) atoms. The second kappa shape index (κ2) is 8.23. The van der Waals surface area contributed by atoms with Crippen molar-refractivity contribution in [3.8, 4) is 11.5 Å². The minimum atomic E-state index is -0.706. The molecule has 160 valence electrons. The highest BCUT2D eigenvalue weighted by atomic mass is 16.6. The van der Waals surface area contributed by atoms with Crippen LogP contribution in [0.4, 0.5) is 0 Å². The van der Waals surface area contributed by atoms with Gasteiger partial charge in [-0.05, 0) is 29.3 Å². The van der Waals surface area contributed by atoms with Crippen molar-refractivity contribution in [3.63, 3.8) is 0 Å². The monoisotopic (exact) mass is 427 g/mol. The maximum Gasteiger partial charge on any atom is 0.295 e. The Morgan fingerprint density at radius 1 is 0.875 bits per heavy atom. The van der Waals surface area contributed by atoms with E-state index in [0.717, 1.165) is 11.1 Å². The van der Waals surface area contributed by atoms with Gasteiger partial charge in [-0.15, -0.1) is 0 Å².